The van der Waals surface area contributed by atoms with Gasteiger partial charge in [-0.1, -0.05) is 19.8 Å². The van der Waals surface area contributed by atoms with Gasteiger partial charge in [-0.3, -0.25) is 0 Å². The van der Waals surface area contributed by atoms with Gasteiger partial charge >= 0.3 is 12.0 Å². The number of aliphatic carboxylic acids is 1. The number of urea groups is 1. The summed E-state index contributed by atoms with van der Waals surface area (Å²) in [6.45, 7) is 2.82. The van der Waals surface area contributed by atoms with E-state index in [0.29, 0.717) is 19.4 Å². The summed E-state index contributed by atoms with van der Waals surface area (Å²) in [6, 6.07) is -0.338. The zero-order chi connectivity index (χ0) is 13.2. The molecule has 2 fully saturated rings. The molecular weight excluding hydrogens is 232 g/mol. The molecule has 2 rings (SSSR count). The first-order chi connectivity index (χ1) is 8.52. The van der Waals surface area contributed by atoms with Crippen LogP contribution in [0.4, 0.5) is 4.79 Å². The van der Waals surface area contributed by atoms with Crippen LogP contribution in [-0.4, -0.2) is 29.2 Å². The number of carbonyl (C=O) groups excluding carboxylic acids is 1. The van der Waals surface area contributed by atoms with Gasteiger partial charge in [0.1, 0.15) is 5.54 Å². The molecule has 0 atom stereocenters. The van der Waals surface area contributed by atoms with E-state index in [-0.39, 0.29) is 11.4 Å². The van der Waals surface area contributed by atoms with Crippen molar-refractivity contribution < 1.29 is 14.7 Å². The fourth-order valence-electron chi connectivity index (χ4n) is 2.83. The topological polar surface area (TPSA) is 78.4 Å². The third-order valence-electron chi connectivity index (χ3n) is 4.55. The summed E-state index contributed by atoms with van der Waals surface area (Å²) in [6.07, 6.45) is 6.93. The molecule has 0 aromatic rings. The summed E-state index contributed by atoms with van der Waals surface area (Å²) in [7, 11) is 0. The maximum atomic E-state index is 11.7. The number of rotatable bonds is 5. The Labute approximate surface area is 107 Å². The van der Waals surface area contributed by atoms with Gasteiger partial charge < -0.3 is 15.7 Å². The maximum Gasteiger partial charge on any atom is 0.329 e. The van der Waals surface area contributed by atoms with E-state index in [1.54, 1.807) is 0 Å². The zero-order valence-corrected chi connectivity index (χ0v) is 10.9. The van der Waals surface area contributed by atoms with Crippen molar-refractivity contribution in [2.45, 2.75) is 57.4 Å². The fraction of sp³-hybridized carbons (Fsp3) is 0.846. The molecule has 0 aromatic heterocycles. The Morgan fingerprint density at radius 3 is 2.22 bits per heavy atom. The van der Waals surface area contributed by atoms with Crippen molar-refractivity contribution in [3.8, 4) is 0 Å². The number of carboxylic acid groups (broad SMARTS) is 1. The maximum absolute atomic E-state index is 11.7. The van der Waals surface area contributed by atoms with E-state index in [1.807, 2.05) is 0 Å². The molecule has 2 amide bonds. The molecule has 5 heteroatoms. The van der Waals surface area contributed by atoms with Gasteiger partial charge in [0.05, 0.1) is 0 Å². The lowest BCUT2D eigenvalue weighted by Crippen LogP contribution is -2.49. The molecule has 102 valence electrons. The molecule has 0 spiro atoms. The van der Waals surface area contributed by atoms with Crippen LogP contribution in [0, 0.1) is 5.41 Å². The van der Waals surface area contributed by atoms with E-state index in [1.165, 1.54) is 12.8 Å². The van der Waals surface area contributed by atoms with Gasteiger partial charge in [-0.05, 0) is 37.5 Å². The zero-order valence-electron chi connectivity index (χ0n) is 10.9. The first-order valence-electron chi connectivity index (χ1n) is 6.81. The average molecular weight is 254 g/mol. The molecule has 0 bridgehead atoms. The van der Waals surface area contributed by atoms with Gasteiger partial charge in [-0.15, -0.1) is 0 Å². The minimum atomic E-state index is -0.987. The Balaban J connectivity index is 1.80. The highest BCUT2D eigenvalue weighted by molar-refractivity contribution is 5.88. The Morgan fingerprint density at radius 1 is 1.17 bits per heavy atom. The van der Waals surface area contributed by atoms with E-state index < -0.39 is 11.5 Å². The van der Waals surface area contributed by atoms with Crippen molar-refractivity contribution >= 4 is 12.0 Å². The summed E-state index contributed by atoms with van der Waals surface area (Å²) in [4.78, 5) is 22.7. The van der Waals surface area contributed by atoms with Crippen LogP contribution in [0.2, 0.25) is 0 Å². The quantitative estimate of drug-likeness (QED) is 0.701. The molecule has 2 aliphatic carbocycles. The predicted octanol–water partition coefficient (Wildman–Crippen LogP) is 1.87. The lowest BCUT2D eigenvalue weighted by atomic mass is 9.83. The summed E-state index contributed by atoms with van der Waals surface area (Å²) in [5.41, 5.74) is -0.754. The van der Waals surface area contributed by atoms with Crippen LogP contribution in [0.1, 0.15) is 51.9 Å². The molecule has 18 heavy (non-hydrogen) atoms. The fourth-order valence-corrected chi connectivity index (χ4v) is 2.83. The van der Waals surface area contributed by atoms with Crippen LogP contribution >= 0.6 is 0 Å². The second-order valence-electron chi connectivity index (χ2n) is 5.76. The van der Waals surface area contributed by atoms with Crippen molar-refractivity contribution in [2.24, 2.45) is 5.41 Å². The molecule has 2 aliphatic rings. The van der Waals surface area contributed by atoms with Crippen LogP contribution < -0.4 is 10.6 Å². The van der Waals surface area contributed by atoms with E-state index in [2.05, 4.69) is 17.6 Å². The molecule has 2 saturated carbocycles. The number of hydrogen-bond acceptors (Lipinski definition) is 2. The van der Waals surface area contributed by atoms with Crippen LogP contribution in [0.15, 0.2) is 0 Å². The predicted molar refractivity (Wildman–Crippen MR) is 67.3 cm³/mol. The Bertz CT molecular complexity index is 344. The van der Waals surface area contributed by atoms with Gasteiger partial charge in [0, 0.05) is 6.54 Å². The lowest BCUT2D eigenvalue weighted by Gasteiger charge is -2.28. The molecule has 3 N–H and O–H groups in total. The third kappa shape index (κ3) is 2.60. The van der Waals surface area contributed by atoms with Crippen molar-refractivity contribution in [1.82, 2.24) is 10.6 Å². The summed E-state index contributed by atoms with van der Waals surface area (Å²) in [5.74, 6) is -0.927. The normalized spacial score (nSPS) is 23.4. The molecule has 0 radical (unpaired) electrons. The van der Waals surface area contributed by atoms with Crippen LogP contribution in [0.5, 0.6) is 0 Å². The summed E-state index contributed by atoms with van der Waals surface area (Å²) < 4.78 is 0. The van der Waals surface area contributed by atoms with Gasteiger partial charge in [0.2, 0.25) is 0 Å². The molecule has 0 aliphatic heterocycles. The van der Waals surface area contributed by atoms with Gasteiger partial charge in [-0.25, -0.2) is 9.59 Å². The molecule has 0 aromatic carbocycles. The van der Waals surface area contributed by atoms with Crippen LogP contribution in [0.3, 0.4) is 0 Å². The Hall–Kier alpha value is -1.26. The summed E-state index contributed by atoms with van der Waals surface area (Å²) in [5, 5.41) is 14.4. The second kappa shape index (κ2) is 4.78. The Morgan fingerprint density at radius 2 is 1.78 bits per heavy atom. The number of carbonyl (C=O) groups is 2. The second-order valence-corrected chi connectivity index (χ2v) is 5.76. The highest BCUT2D eigenvalue weighted by Gasteiger charge is 2.51. The third-order valence-corrected chi connectivity index (χ3v) is 4.55. The first kappa shape index (κ1) is 13.2. The van der Waals surface area contributed by atoms with Crippen molar-refractivity contribution in [3.05, 3.63) is 0 Å². The Kier molecular flexibility index (Phi) is 3.50. The smallest absolute Gasteiger partial charge is 0.329 e. The van der Waals surface area contributed by atoms with E-state index in [9.17, 15) is 9.59 Å². The highest BCUT2D eigenvalue weighted by atomic mass is 16.4. The average Bonchev–Trinajstić information content (AvgIpc) is 2.98. The van der Waals surface area contributed by atoms with Crippen molar-refractivity contribution in [3.63, 3.8) is 0 Å². The standard InChI is InChI=1S/C13H22N2O3/c1-2-12(5-3-4-6-12)9-14-11(18)15-13(7-8-13)10(16)17/h2-9H2,1H3,(H,16,17)(H2,14,15,18). The molecule has 5 nitrogen and oxygen atoms in total. The van der Waals surface area contributed by atoms with Crippen molar-refractivity contribution in [2.75, 3.05) is 6.54 Å². The number of carboxylic acids is 1. The number of nitrogens with one attached hydrogen (secondary N) is 2. The number of hydrogen-bond donors (Lipinski definition) is 3. The molecular formula is C13H22N2O3. The van der Waals surface area contributed by atoms with Gasteiger partial charge in [0.15, 0.2) is 0 Å². The molecule has 0 heterocycles. The first-order valence-corrected chi connectivity index (χ1v) is 6.81. The SMILES string of the molecule is CCC1(CNC(=O)NC2(C(=O)O)CC2)CCCC1. The van der Waals surface area contributed by atoms with Crippen LogP contribution in [0.25, 0.3) is 0 Å². The van der Waals surface area contributed by atoms with Crippen LogP contribution in [-0.2, 0) is 4.79 Å². The highest BCUT2D eigenvalue weighted by Crippen LogP contribution is 2.40. The van der Waals surface area contributed by atoms with Gasteiger partial charge in [-0.2, -0.15) is 0 Å². The van der Waals surface area contributed by atoms with E-state index in [0.717, 1.165) is 19.3 Å². The van der Waals surface area contributed by atoms with Crippen molar-refractivity contribution in [1.29, 1.82) is 0 Å². The molecule has 0 unspecified atom stereocenters. The van der Waals surface area contributed by atoms with Gasteiger partial charge in [0.25, 0.3) is 0 Å². The minimum Gasteiger partial charge on any atom is -0.480 e. The lowest BCUT2D eigenvalue weighted by molar-refractivity contribution is -0.140. The van der Waals surface area contributed by atoms with E-state index >= 15 is 0 Å². The minimum absolute atomic E-state index is 0.233. The monoisotopic (exact) mass is 254 g/mol. The molecule has 0 saturated heterocycles. The number of amides is 2. The largest absolute Gasteiger partial charge is 0.480 e. The van der Waals surface area contributed by atoms with E-state index in [4.69, 9.17) is 5.11 Å². The summed E-state index contributed by atoms with van der Waals surface area (Å²) >= 11 is 0.